The SMILES string of the molecule is COCCn1c(=NC(=O)C2Oc3ccccc3OC2C)sc2ccccc21. The van der Waals surface area contributed by atoms with Crippen molar-refractivity contribution in [2.24, 2.45) is 4.99 Å². The van der Waals surface area contributed by atoms with Crippen molar-refractivity contribution in [1.29, 1.82) is 0 Å². The van der Waals surface area contributed by atoms with Gasteiger partial charge in [0.25, 0.3) is 5.91 Å². The molecule has 27 heavy (non-hydrogen) atoms. The van der Waals surface area contributed by atoms with Crippen LogP contribution in [-0.4, -0.2) is 36.4 Å². The van der Waals surface area contributed by atoms with Crippen LogP contribution < -0.4 is 14.3 Å². The zero-order chi connectivity index (χ0) is 18.8. The van der Waals surface area contributed by atoms with E-state index in [-0.39, 0.29) is 5.91 Å². The van der Waals surface area contributed by atoms with Crippen molar-refractivity contribution in [3.8, 4) is 11.5 Å². The molecule has 2 unspecified atom stereocenters. The molecule has 1 aliphatic heterocycles. The molecule has 1 aliphatic rings. The molecule has 2 atom stereocenters. The average molecular weight is 384 g/mol. The fourth-order valence-electron chi connectivity index (χ4n) is 3.05. The first kappa shape index (κ1) is 17.8. The maximum absolute atomic E-state index is 12.9. The van der Waals surface area contributed by atoms with Crippen LogP contribution in [-0.2, 0) is 16.1 Å². The lowest BCUT2D eigenvalue weighted by Crippen LogP contribution is -2.43. The normalized spacial score (nSPS) is 19.4. The number of carbonyl (C=O) groups is 1. The minimum absolute atomic E-state index is 0.352. The number of thiazole rings is 1. The number of amides is 1. The van der Waals surface area contributed by atoms with Crippen LogP contribution in [0.5, 0.6) is 11.5 Å². The Labute approximate surface area is 160 Å². The Bertz CT molecular complexity index is 1040. The largest absolute Gasteiger partial charge is 0.482 e. The quantitative estimate of drug-likeness (QED) is 0.694. The third-order valence-electron chi connectivity index (χ3n) is 4.40. The molecule has 0 spiro atoms. The van der Waals surface area contributed by atoms with Gasteiger partial charge in [-0.3, -0.25) is 4.79 Å². The zero-order valence-corrected chi connectivity index (χ0v) is 15.9. The Balaban J connectivity index is 1.70. The molecular formula is C20H20N2O4S. The number of aromatic nitrogens is 1. The highest BCUT2D eigenvalue weighted by atomic mass is 32.1. The van der Waals surface area contributed by atoms with Crippen LogP contribution in [0.4, 0.5) is 0 Å². The summed E-state index contributed by atoms with van der Waals surface area (Å²) < 4.78 is 20.0. The Morgan fingerprint density at radius 1 is 1.15 bits per heavy atom. The molecule has 3 aromatic rings. The second kappa shape index (κ2) is 7.54. The van der Waals surface area contributed by atoms with E-state index in [9.17, 15) is 4.79 Å². The van der Waals surface area contributed by atoms with E-state index in [1.807, 2.05) is 54.0 Å². The minimum atomic E-state index is -0.777. The third-order valence-corrected chi connectivity index (χ3v) is 5.46. The molecule has 0 aliphatic carbocycles. The smallest absolute Gasteiger partial charge is 0.293 e. The number of benzene rings is 2. The van der Waals surface area contributed by atoms with Crippen LogP contribution in [0.2, 0.25) is 0 Å². The van der Waals surface area contributed by atoms with Crippen molar-refractivity contribution in [1.82, 2.24) is 4.57 Å². The summed E-state index contributed by atoms with van der Waals surface area (Å²) in [5, 5.41) is 0. The van der Waals surface area contributed by atoms with Crippen LogP contribution in [0, 0.1) is 0 Å². The van der Waals surface area contributed by atoms with Gasteiger partial charge in [-0.15, -0.1) is 0 Å². The summed E-state index contributed by atoms with van der Waals surface area (Å²) in [5.74, 6) is 0.855. The predicted molar refractivity (Wildman–Crippen MR) is 103 cm³/mol. The second-order valence-electron chi connectivity index (χ2n) is 6.25. The summed E-state index contributed by atoms with van der Waals surface area (Å²) >= 11 is 1.48. The zero-order valence-electron chi connectivity index (χ0n) is 15.1. The molecule has 2 heterocycles. The molecule has 0 fully saturated rings. The van der Waals surface area contributed by atoms with E-state index in [4.69, 9.17) is 14.2 Å². The number of para-hydroxylation sites is 3. The lowest BCUT2D eigenvalue weighted by atomic mass is 10.1. The van der Waals surface area contributed by atoms with E-state index in [0.29, 0.717) is 29.5 Å². The standard InChI is InChI=1S/C20H20N2O4S/c1-13-18(26-16-9-5-4-8-15(16)25-13)19(23)21-20-22(11-12-24-2)14-7-3-6-10-17(14)27-20/h3-10,13,18H,11-12H2,1-2H3. The number of nitrogens with zero attached hydrogens (tertiary/aromatic N) is 2. The first-order chi connectivity index (χ1) is 13.2. The van der Waals surface area contributed by atoms with Crippen molar-refractivity contribution in [3.63, 3.8) is 0 Å². The topological polar surface area (TPSA) is 62.1 Å². The van der Waals surface area contributed by atoms with E-state index in [1.54, 1.807) is 13.2 Å². The third kappa shape index (κ3) is 3.48. The van der Waals surface area contributed by atoms with Crippen LogP contribution in [0.25, 0.3) is 10.2 Å². The summed E-state index contributed by atoms with van der Waals surface area (Å²) in [6.45, 7) is 2.97. The van der Waals surface area contributed by atoms with Gasteiger partial charge in [0.15, 0.2) is 16.3 Å². The van der Waals surface area contributed by atoms with Gasteiger partial charge in [0.1, 0.15) is 6.10 Å². The van der Waals surface area contributed by atoms with Gasteiger partial charge < -0.3 is 18.8 Å². The van der Waals surface area contributed by atoms with Gasteiger partial charge in [-0.1, -0.05) is 35.6 Å². The summed E-state index contributed by atoms with van der Waals surface area (Å²) in [7, 11) is 1.66. The van der Waals surface area contributed by atoms with Crippen LogP contribution in [0.3, 0.4) is 0 Å². The highest BCUT2D eigenvalue weighted by Gasteiger charge is 2.34. The van der Waals surface area contributed by atoms with Crippen molar-refractivity contribution in [2.75, 3.05) is 13.7 Å². The molecule has 1 aromatic heterocycles. The van der Waals surface area contributed by atoms with Crippen LogP contribution in [0.15, 0.2) is 53.5 Å². The number of fused-ring (bicyclic) bond motifs is 2. The van der Waals surface area contributed by atoms with Crippen molar-refractivity contribution >= 4 is 27.5 Å². The van der Waals surface area contributed by atoms with Gasteiger partial charge in [0.05, 0.1) is 16.8 Å². The molecule has 0 saturated heterocycles. The molecule has 140 valence electrons. The van der Waals surface area contributed by atoms with E-state index in [2.05, 4.69) is 4.99 Å². The Morgan fingerprint density at radius 3 is 2.63 bits per heavy atom. The molecule has 2 aromatic carbocycles. The second-order valence-corrected chi connectivity index (χ2v) is 7.26. The molecule has 0 saturated carbocycles. The predicted octanol–water partition coefficient (Wildman–Crippen LogP) is 3.01. The van der Waals surface area contributed by atoms with Crippen molar-refractivity contribution in [2.45, 2.75) is 25.7 Å². The number of methoxy groups -OCH3 is 1. The van der Waals surface area contributed by atoms with E-state index < -0.39 is 12.2 Å². The summed E-state index contributed by atoms with van der Waals surface area (Å²) in [4.78, 5) is 17.9. The molecule has 7 heteroatoms. The van der Waals surface area contributed by atoms with Crippen LogP contribution >= 0.6 is 11.3 Å². The monoisotopic (exact) mass is 384 g/mol. The van der Waals surface area contributed by atoms with Gasteiger partial charge in [0.2, 0.25) is 6.10 Å². The Kier molecular flexibility index (Phi) is 4.96. The Hall–Kier alpha value is -2.64. The average Bonchev–Trinajstić information content (AvgIpc) is 3.02. The number of hydrogen-bond donors (Lipinski definition) is 0. The molecule has 4 rings (SSSR count). The fourth-order valence-corrected chi connectivity index (χ4v) is 4.11. The van der Waals surface area contributed by atoms with E-state index in [1.165, 1.54) is 11.3 Å². The van der Waals surface area contributed by atoms with E-state index >= 15 is 0 Å². The number of hydrogen-bond acceptors (Lipinski definition) is 5. The first-order valence-electron chi connectivity index (χ1n) is 8.75. The lowest BCUT2D eigenvalue weighted by molar-refractivity contribution is -0.130. The van der Waals surface area contributed by atoms with Gasteiger partial charge in [0, 0.05) is 13.7 Å². The minimum Gasteiger partial charge on any atom is -0.482 e. The fraction of sp³-hybridized carbons (Fsp3) is 0.300. The summed E-state index contributed by atoms with van der Waals surface area (Å²) in [6, 6.07) is 15.3. The number of carbonyl (C=O) groups excluding carboxylic acids is 1. The maximum atomic E-state index is 12.9. The first-order valence-corrected chi connectivity index (χ1v) is 9.57. The highest BCUT2D eigenvalue weighted by molar-refractivity contribution is 7.16. The molecule has 0 N–H and O–H groups in total. The van der Waals surface area contributed by atoms with Gasteiger partial charge in [-0.2, -0.15) is 4.99 Å². The summed E-state index contributed by atoms with van der Waals surface area (Å²) in [5.41, 5.74) is 1.03. The van der Waals surface area contributed by atoms with E-state index in [0.717, 1.165) is 10.2 Å². The molecule has 0 bridgehead atoms. The van der Waals surface area contributed by atoms with Gasteiger partial charge in [-0.25, -0.2) is 0 Å². The molecular weight excluding hydrogens is 364 g/mol. The number of rotatable bonds is 4. The lowest BCUT2D eigenvalue weighted by Gasteiger charge is -2.29. The highest BCUT2D eigenvalue weighted by Crippen LogP contribution is 2.33. The Morgan fingerprint density at radius 2 is 1.85 bits per heavy atom. The number of ether oxygens (including phenoxy) is 3. The van der Waals surface area contributed by atoms with Gasteiger partial charge >= 0.3 is 0 Å². The van der Waals surface area contributed by atoms with Crippen molar-refractivity contribution < 1.29 is 19.0 Å². The van der Waals surface area contributed by atoms with Crippen molar-refractivity contribution in [3.05, 3.63) is 53.3 Å². The molecule has 6 nitrogen and oxygen atoms in total. The maximum Gasteiger partial charge on any atom is 0.293 e. The summed E-state index contributed by atoms with van der Waals surface area (Å²) in [6.07, 6.45) is -1.20. The van der Waals surface area contributed by atoms with Gasteiger partial charge in [-0.05, 0) is 31.2 Å². The molecule has 1 amide bonds. The molecule has 0 radical (unpaired) electrons. The van der Waals surface area contributed by atoms with Crippen LogP contribution in [0.1, 0.15) is 6.92 Å².